The number of rotatable bonds is 0. The van der Waals surface area contributed by atoms with Crippen LogP contribution >= 0.6 is 0 Å². The Balaban J connectivity index is 2.56. The lowest BCUT2D eigenvalue weighted by molar-refractivity contribution is 0.510. The molecule has 0 aromatic carbocycles. The Bertz CT molecular complexity index is 331. The molecule has 13 heavy (non-hydrogen) atoms. The number of nitrogens with one attached hydrogen (secondary N) is 1. The predicted molar refractivity (Wildman–Crippen MR) is 52.5 cm³/mol. The fraction of sp³-hybridized carbons (Fsp3) is 0.700. The zero-order valence-electron chi connectivity index (χ0n) is 8.81. The van der Waals surface area contributed by atoms with Gasteiger partial charge in [0, 0.05) is 36.8 Å². The second kappa shape index (κ2) is 2.58. The van der Waals surface area contributed by atoms with Crippen LogP contribution in [0.25, 0.3) is 0 Å². The van der Waals surface area contributed by atoms with Crippen LogP contribution < -0.4 is 5.32 Å². The molecular weight excluding hydrogens is 162 g/mol. The lowest BCUT2D eigenvalue weighted by Gasteiger charge is -2.20. The molecule has 0 radical (unpaired) electrons. The summed E-state index contributed by atoms with van der Waals surface area (Å²) in [6.07, 6.45) is 0. The maximum absolute atomic E-state index is 4.51. The summed E-state index contributed by atoms with van der Waals surface area (Å²) < 4.78 is 2.03. The van der Waals surface area contributed by atoms with Crippen molar-refractivity contribution in [2.45, 2.75) is 39.3 Å². The van der Waals surface area contributed by atoms with Crippen LogP contribution in [0.15, 0.2) is 0 Å². The van der Waals surface area contributed by atoms with Gasteiger partial charge < -0.3 is 5.32 Å². The molecule has 72 valence electrons. The number of fused-ring (bicyclic) bond motifs is 1. The molecule has 0 aliphatic carbocycles. The molecule has 3 heteroatoms. The van der Waals surface area contributed by atoms with Crippen LogP contribution in [0.2, 0.25) is 0 Å². The smallest absolute Gasteiger partial charge is 0.0810 e. The highest BCUT2D eigenvalue weighted by Gasteiger charge is 2.27. The van der Waals surface area contributed by atoms with Gasteiger partial charge in [0.2, 0.25) is 0 Å². The lowest BCUT2D eigenvalue weighted by Crippen LogP contribution is -2.19. The van der Waals surface area contributed by atoms with Crippen molar-refractivity contribution in [3.05, 3.63) is 17.0 Å². The average molecular weight is 179 g/mol. The first kappa shape index (κ1) is 8.75. The Labute approximate surface area is 79.1 Å². The maximum atomic E-state index is 4.51. The van der Waals surface area contributed by atoms with Crippen molar-refractivity contribution in [1.29, 1.82) is 0 Å². The Morgan fingerprint density at radius 3 is 2.62 bits per heavy atom. The molecule has 2 heterocycles. The Morgan fingerprint density at radius 1 is 1.31 bits per heavy atom. The number of aryl methyl sites for hydroxylation is 1. The summed E-state index contributed by atoms with van der Waals surface area (Å²) in [6, 6.07) is 0. The maximum Gasteiger partial charge on any atom is 0.0810 e. The minimum absolute atomic E-state index is 0.196. The third-order valence-electron chi connectivity index (χ3n) is 2.53. The third kappa shape index (κ3) is 1.27. The van der Waals surface area contributed by atoms with Crippen LogP contribution in [-0.2, 0) is 25.6 Å². The van der Waals surface area contributed by atoms with Crippen LogP contribution in [0, 0.1) is 0 Å². The van der Waals surface area contributed by atoms with E-state index in [9.17, 15) is 0 Å². The molecule has 0 atom stereocenters. The molecule has 1 N–H and O–H groups in total. The van der Waals surface area contributed by atoms with Crippen molar-refractivity contribution in [2.75, 3.05) is 0 Å². The number of hydrogen-bond donors (Lipinski definition) is 1. The van der Waals surface area contributed by atoms with Crippen molar-refractivity contribution in [1.82, 2.24) is 15.1 Å². The van der Waals surface area contributed by atoms with Gasteiger partial charge in [-0.05, 0) is 0 Å². The van der Waals surface area contributed by atoms with Gasteiger partial charge in [-0.15, -0.1) is 0 Å². The SMILES string of the molecule is Cn1nc2c(c1C(C)(C)C)CNC2. The van der Waals surface area contributed by atoms with Crippen LogP contribution in [0.1, 0.15) is 37.7 Å². The van der Waals surface area contributed by atoms with Crippen LogP contribution in [0.3, 0.4) is 0 Å². The number of aromatic nitrogens is 2. The topological polar surface area (TPSA) is 29.9 Å². The van der Waals surface area contributed by atoms with E-state index in [4.69, 9.17) is 0 Å². The van der Waals surface area contributed by atoms with E-state index < -0.39 is 0 Å². The summed E-state index contributed by atoms with van der Waals surface area (Å²) in [5.41, 5.74) is 4.20. The average Bonchev–Trinajstić information content (AvgIpc) is 2.41. The summed E-state index contributed by atoms with van der Waals surface area (Å²) in [7, 11) is 2.04. The Morgan fingerprint density at radius 2 is 2.00 bits per heavy atom. The number of hydrogen-bond acceptors (Lipinski definition) is 2. The van der Waals surface area contributed by atoms with Gasteiger partial charge in [0.15, 0.2) is 0 Å². The quantitative estimate of drug-likeness (QED) is 0.651. The van der Waals surface area contributed by atoms with Crippen molar-refractivity contribution in [2.24, 2.45) is 7.05 Å². The van der Waals surface area contributed by atoms with Crippen molar-refractivity contribution < 1.29 is 0 Å². The standard InChI is InChI=1S/C10H17N3/c1-10(2,3)9-7-5-11-6-8(7)12-13(9)4/h11H,5-6H2,1-4H3. The van der Waals surface area contributed by atoms with Crippen molar-refractivity contribution in [3.8, 4) is 0 Å². The Kier molecular flexibility index (Phi) is 1.74. The first-order chi connectivity index (χ1) is 6.00. The lowest BCUT2D eigenvalue weighted by atomic mass is 9.89. The minimum atomic E-state index is 0.196. The van der Waals surface area contributed by atoms with Gasteiger partial charge in [0.1, 0.15) is 0 Å². The molecule has 1 aromatic rings. The van der Waals surface area contributed by atoms with E-state index in [2.05, 4.69) is 31.2 Å². The van der Waals surface area contributed by atoms with Crippen molar-refractivity contribution >= 4 is 0 Å². The van der Waals surface area contributed by atoms with Crippen LogP contribution in [0.5, 0.6) is 0 Å². The van der Waals surface area contributed by atoms with E-state index in [-0.39, 0.29) is 5.41 Å². The third-order valence-corrected chi connectivity index (χ3v) is 2.53. The van der Waals surface area contributed by atoms with Crippen LogP contribution in [-0.4, -0.2) is 9.78 Å². The normalized spacial score (nSPS) is 16.3. The van der Waals surface area contributed by atoms with E-state index in [0.717, 1.165) is 13.1 Å². The monoisotopic (exact) mass is 179 g/mol. The second-order valence-corrected chi connectivity index (χ2v) is 4.75. The summed E-state index contributed by atoms with van der Waals surface area (Å²) in [5.74, 6) is 0. The van der Waals surface area contributed by atoms with Gasteiger partial charge in [-0.25, -0.2) is 0 Å². The first-order valence-corrected chi connectivity index (χ1v) is 4.76. The molecule has 1 aliphatic rings. The molecule has 0 saturated heterocycles. The second-order valence-electron chi connectivity index (χ2n) is 4.75. The molecule has 0 unspecified atom stereocenters. The highest BCUT2D eigenvalue weighted by atomic mass is 15.3. The van der Waals surface area contributed by atoms with Crippen LogP contribution in [0.4, 0.5) is 0 Å². The molecule has 0 spiro atoms. The highest BCUT2D eigenvalue weighted by molar-refractivity contribution is 5.33. The molecule has 3 nitrogen and oxygen atoms in total. The van der Waals surface area contributed by atoms with Gasteiger partial charge in [-0.2, -0.15) is 5.10 Å². The fourth-order valence-electron chi connectivity index (χ4n) is 2.20. The molecule has 1 aromatic heterocycles. The summed E-state index contributed by atoms with van der Waals surface area (Å²) in [4.78, 5) is 0. The predicted octanol–water partition coefficient (Wildman–Crippen LogP) is 1.32. The molecule has 0 fully saturated rings. The molecule has 2 rings (SSSR count). The molecule has 0 bridgehead atoms. The first-order valence-electron chi connectivity index (χ1n) is 4.76. The van der Waals surface area contributed by atoms with E-state index in [1.807, 2.05) is 11.7 Å². The van der Waals surface area contributed by atoms with Gasteiger partial charge in [-0.1, -0.05) is 20.8 Å². The molecule has 1 aliphatic heterocycles. The summed E-state index contributed by atoms with van der Waals surface area (Å²) >= 11 is 0. The van der Waals surface area contributed by atoms with Crippen molar-refractivity contribution in [3.63, 3.8) is 0 Å². The molecular formula is C10H17N3. The fourth-order valence-corrected chi connectivity index (χ4v) is 2.20. The highest BCUT2D eigenvalue weighted by Crippen LogP contribution is 2.29. The minimum Gasteiger partial charge on any atom is -0.307 e. The van der Waals surface area contributed by atoms with E-state index in [1.54, 1.807) is 0 Å². The zero-order valence-corrected chi connectivity index (χ0v) is 8.81. The van der Waals surface area contributed by atoms with Gasteiger partial charge in [0.05, 0.1) is 5.69 Å². The van der Waals surface area contributed by atoms with Gasteiger partial charge in [-0.3, -0.25) is 4.68 Å². The summed E-state index contributed by atoms with van der Waals surface area (Å²) in [5, 5.41) is 7.84. The zero-order chi connectivity index (χ0) is 9.64. The number of nitrogens with zero attached hydrogens (tertiary/aromatic N) is 2. The largest absolute Gasteiger partial charge is 0.307 e. The van der Waals surface area contributed by atoms with E-state index in [0.29, 0.717) is 0 Å². The van der Waals surface area contributed by atoms with E-state index in [1.165, 1.54) is 17.0 Å². The molecule has 0 saturated carbocycles. The summed E-state index contributed by atoms with van der Waals surface area (Å²) in [6.45, 7) is 8.63. The van der Waals surface area contributed by atoms with Gasteiger partial charge >= 0.3 is 0 Å². The Hall–Kier alpha value is -0.830. The van der Waals surface area contributed by atoms with Gasteiger partial charge in [0.25, 0.3) is 0 Å². The van der Waals surface area contributed by atoms with E-state index >= 15 is 0 Å². The molecule has 0 amide bonds.